The quantitative estimate of drug-likeness (QED) is 0.833. The minimum absolute atomic E-state index is 0.154. The molecule has 0 atom stereocenters. The number of hydrogen-bond donors (Lipinski definition) is 1. The highest BCUT2D eigenvalue weighted by Crippen LogP contribution is 2.28. The van der Waals surface area contributed by atoms with E-state index < -0.39 is 0 Å². The topological polar surface area (TPSA) is 50.5 Å². The third-order valence-electron chi connectivity index (χ3n) is 4.48. The number of aliphatic hydroxyl groups excluding tert-OH is 1. The molecular weight excluding hydrogens is 266 g/mol. The molecule has 0 amide bonds. The number of nitrogens with zero attached hydrogens (tertiary/aromatic N) is 3. The molecule has 0 radical (unpaired) electrons. The molecule has 5 nitrogen and oxygen atoms in total. The summed E-state index contributed by atoms with van der Waals surface area (Å²) in [6.07, 6.45) is 7.59. The van der Waals surface area contributed by atoms with Crippen LogP contribution in [0, 0.1) is 0 Å². The van der Waals surface area contributed by atoms with Crippen LogP contribution in [-0.4, -0.2) is 59.2 Å². The van der Waals surface area contributed by atoms with Gasteiger partial charge in [0.1, 0.15) is 0 Å². The molecule has 1 aromatic rings. The number of aliphatic hydroxyl groups is 1. The van der Waals surface area contributed by atoms with Gasteiger partial charge in [-0.3, -0.25) is 9.58 Å². The lowest BCUT2D eigenvalue weighted by Gasteiger charge is -2.33. The molecule has 1 fully saturated rings. The van der Waals surface area contributed by atoms with Crippen molar-refractivity contribution in [1.29, 1.82) is 0 Å². The third kappa shape index (κ3) is 3.73. The zero-order valence-corrected chi connectivity index (χ0v) is 12.6. The first-order valence-electron chi connectivity index (χ1n) is 7.97. The maximum absolute atomic E-state index is 9.10. The summed E-state index contributed by atoms with van der Waals surface area (Å²) in [5.41, 5.74) is 2.72. The van der Waals surface area contributed by atoms with Gasteiger partial charge in [-0.2, -0.15) is 5.10 Å². The van der Waals surface area contributed by atoms with Crippen LogP contribution in [0.25, 0.3) is 0 Å². The fourth-order valence-corrected chi connectivity index (χ4v) is 3.36. The van der Waals surface area contributed by atoms with Crippen molar-refractivity contribution in [3.05, 3.63) is 29.6 Å². The summed E-state index contributed by atoms with van der Waals surface area (Å²) < 4.78 is 7.47. The summed E-state index contributed by atoms with van der Waals surface area (Å²) in [7, 11) is 0. The van der Waals surface area contributed by atoms with Gasteiger partial charge in [-0.05, 0) is 44.0 Å². The van der Waals surface area contributed by atoms with Gasteiger partial charge < -0.3 is 9.84 Å². The monoisotopic (exact) mass is 291 g/mol. The molecule has 2 aliphatic rings. The Morgan fingerprint density at radius 2 is 2.19 bits per heavy atom. The molecule has 3 rings (SSSR count). The fraction of sp³-hybridized carbons (Fsp3) is 0.688. The first kappa shape index (κ1) is 14.8. The van der Waals surface area contributed by atoms with E-state index in [4.69, 9.17) is 9.84 Å². The van der Waals surface area contributed by atoms with Crippen LogP contribution in [0.3, 0.4) is 0 Å². The summed E-state index contributed by atoms with van der Waals surface area (Å²) in [6.45, 7) is 5.76. The van der Waals surface area contributed by atoms with Gasteiger partial charge in [0.2, 0.25) is 0 Å². The minimum atomic E-state index is 0.154. The van der Waals surface area contributed by atoms with Gasteiger partial charge in [0.15, 0.2) is 0 Å². The lowest BCUT2D eigenvalue weighted by Crippen LogP contribution is -2.36. The molecule has 0 unspecified atom stereocenters. The second kappa shape index (κ2) is 7.20. The number of likely N-dealkylation sites (tertiary alicyclic amines) is 1. The maximum Gasteiger partial charge on any atom is 0.0689 e. The molecule has 116 valence electrons. The van der Waals surface area contributed by atoms with E-state index >= 15 is 0 Å². The molecule has 0 spiro atoms. The molecule has 1 N–H and O–H groups in total. The summed E-state index contributed by atoms with van der Waals surface area (Å²) in [5, 5.41) is 13.4. The minimum Gasteiger partial charge on any atom is -0.394 e. The van der Waals surface area contributed by atoms with Crippen LogP contribution in [0.15, 0.2) is 23.9 Å². The lowest BCUT2D eigenvalue weighted by atomic mass is 9.93. The van der Waals surface area contributed by atoms with Crippen molar-refractivity contribution in [3.63, 3.8) is 0 Å². The zero-order chi connectivity index (χ0) is 14.5. The van der Waals surface area contributed by atoms with Crippen molar-refractivity contribution in [3.8, 4) is 0 Å². The van der Waals surface area contributed by atoms with Gasteiger partial charge in [0.25, 0.3) is 0 Å². The first-order valence-corrected chi connectivity index (χ1v) is 7.97. The zero-order valence-electron chi connectivity index (χ0n) is 12.6. The van der Waals surface area contributed by atoms with E-state index in [0.29, 0.717) is 12.5 Å². The molecule has 0 bridgehead atoms. The SMILES string of the molecule is OCCn1nccc1C1CCN(CC2=CCCOC2)CC1. The lowest BCUT2D eigenvalue weighted by molar-refractivity contribution is 0.137. The predicted octanol–water partition coefficient (Wildman–Crippen LogP) is 1.40. The largest absolute Gasteiger partial charge is 0.394 e. The van der Waals surface area contributed by atoms with E-state index in [1.807, 2.05) is 10.9 Å². The molecule has 1 saturated heterocycles. The van der Waals surface area contributed by atoms with Crippen LogP contribution in [-0.2, 0) is 11.3 Å². The van der Waals surface area contributed by atoms with Crippen LogP contribution >= 0.6 is 0 Å². The summed E-state index contributed by atoms with van der Waals surface area (Å²) in [4.78, 5) is 2.53. The number of piperidine rings is 1. The van der Waals surface area contributed by atoms with E-state index in [1.165, 1.54) is 24.1 Å². The van der Waals surface area contributed by atoms with Crippen molar-refractivity contribution in [2.45, 2.75) is 31.7 Å². The van der Waals surface area contributed by atoms with E-state index in [-0.39, 0.29) is 6.61 Å². The fourth-order valence-electron chi connectivity index (χ4n) is 3.36. The van der Waals surface area contributed by atoms with E-state index in [9.17, 15) is 0 Å². The van der Waals surface area contributed by atoms with Crippen molar-refractivity contribution < 1.29 is 9.84 Å². The van der Waals surface area contributed by atoms with Crippen molar-refractivity contribution in [2.75, 3.05) is 39.5 Å². The van der Waals surface area contributed by atoms with Crippen LogP contribution in [0.1, 0.15) is 30.9 Å². The molecular formula is C16H25N3O2. The average molecular weight is 291 g/mol. The second-order valence-electron chi connectivity index (χ2n) is 5.96. The Morgan fingerprint density at radius 1 is 1.33 bits per heavy atom. The van der Waals surface area contributed by atoms with Gasteiger partial charge in [0.05, 0.1) is 26.4 Å². The van der Waals surface area contributed by atoms with Gasteiger partial charge in [-0.15, -0.1) is 0 Å². The van der Waals surface area contributed by atoms with Crippen molar-refractivity contribution in [1.82, 2.24) is 14.7 Å². The van der Waals surface area contributed by atoms with E-state index in [0.717, 1.165) is 39.3 Å². The van der Waals surface area contributed by atoms with Crippen molar-refractivity contribution >= 4 is 0 Å². The van der Waals surface area contributed by atoms with E-state index in [2.05, 4.69) is 22.1 Å². The number of hydrogen-bond acceptors (Lipinski definition) is 4. The van der Waals surface area contributed by atoms with Crippen LogP contribution in [0.4, 0.5) is 0 Å². The maximum atomic E-state index is 9.10. The van der Waals surface area contributed by atoms with Crippen LogP contribution < -0.4 is 0 Å². The summed E-state index contributed by atoms with van der Waals surface area (Å²) >= 11 is 0. The second-order valence-corrected chi connectivity index (χ2v) is 5.96. The summed E-state index contributed by atoms with van der Waals surface area (Å²) in [6, 6.07) is 2.10. The van der Waals surface area contributed by atoms with Crippen molar-refractivity contribution in [2.24, 2.45) is 0 Å². The smallest absolute Gasteiger partial charge is 0.0689 e. The van der Waals surface area contributed by atoms with Crippen LogP contribution in [0.5, 0.6) is 0 Å². The molecule has 5 heteroatoms. The Kier molecular flexibility index (Phi) is 5.06. The third-order valence-corrected chi connectivity index (χ3v) is 4.48. The highest BCUT2D eigenvalue weighted by Gasteiger charge is 2.23. The molecule has 0 saturated carbocycles. The number of ether oxygens (including phenoxy) is 1. The first-order chi connectivity index (χ1) is 10.4. The summed E-state index contributed by atoms with van der Waals surface area (Å²) in [5.74, 6) is 0.576. The van der Waals surface area contributed by atoms with Gasteiger partial charge in [-0.25, -0.2) is 0 Å². The Balaban J connectivity index is 1.52. The van der Waals surface area contributed by atoms with E-state index in [1.54, 1.807) is 0 Å². The molecule has 21 heavy (non-hydrogen) atoms. The molecule has 0 aromatic carbocycles. The molecule has 3 heterocycles. The molecule has 2 aliphatic heterocycles. The highest BCUT2D eigenvalue weighted by atomic mass is 16.5. The van der Waals surface area contributed by atoms with Crippen LogP contribution in [0.2, 0.25) is 0 Å². The van der Waals surface area contributed by atoms with Gasteiger partial charge >= 0.3 is 0 Å². The average Bonchev–Trinajstić information content (AvgIpc) is 2.98. The van der Waals surface area contributed by atoms with Gasteiger partial charge in [-0.1, -0.05) is 6.08 Å². The Hall–Kier alpha value is -1.17. The highest BCUT2D eigenvalue weighted by molar-refractivity contribution is 5.11. The standard InChI is InChI=1S/C16H25N3O2/c20-10-9-19-16(3-6-17-19)15-4-7-18(8-5-15)12-14-2-1-11-21-13-14/h2-3,6,15,20H,1,4-5,7-13H2. The normalized spacial score (nSPS) is 21.5. The molecule has 0 aliphatic carbocycles. The number of rotatable bonds is 5. The predicted molar refractivity (Wildman–Crippen MR) is 81.2 cm³/mol. The Bertz CT molecular complexity index is 476. The van der Waals surface area contributed by atoms with Gasteiger partial charge in [0, 0.05) is 24.4 Å². The Morgan fingerprint density at radius 3 is 2.90 bits per heavy atom. The number of aromatic nitrogens is 2. The molecule has 1 aromatic heterocycles. The Labute approximate surface area is 126 Å².